The molecule has 1 saturated heterocycles. The number of furan rings is 1. The number of carbonyl (C=O) groups excluding carboxylic acids is 1. The fourth-order valence-corrected chi connectivity index (χ4v) is 2.64. The van der Waals surface area contributed by atoms with Crippen LogP contribution in [0.4, 0.5) is 4.79 Å². The highest BCUT2D eigenvalue weighted by Crippen LogP contribution is 2.36. The van der Waals surface area contributed by atoms with Crippen molar-refractivity contribution < 1.29 is 9.21 Å². The minimum absolute atomic E-state index is 0.0337. The van der Waals surface area contributed by atoms with E-state index in [4.69, 9.17) is 4.42 Å². The molecule has 3 unspecified atom stereocenters. The van der Waals surface area contributed by atoms with Crippen molar-refractivity contribution >= 4 is 11.7 Å². The van der Waals surface area contributed by atoms with Gasteiger partial charge in [-0.15, -0.1) is 0 Å². The topological polar surface area (TPSA) is 78.7 Å². The van der Waals surface area contributed by atoms with Crippen molar-refractivity contribution in [1.82, 2.24) is 16.1 Å². The van der Waals surface area contributed by atoms with E-state index in [1.54, 1.807) is 6.26 Å². The Morgan fingerprint density at radius 2 is 2.35 bits per heavy atom. The summed E-state index contributed by atoms with van der Waals surface area (Å²) in [5, 5.41) is 9.96. The van der Waals surface area contributed by atoms with Crippen LogP contribution in [-0.4, -0.2) is 17.4 Å². The molecule has 0 aliphatic carbocycles. The quantitative estimate of drug-likeness (QED) is 0.676. The number of carbonyl (C=O) groups is 1. The zero-order valence-electron chi connectivity index (χ0n) is 9.65. The number of fused-ring (bicyclic) bond motifs is 1. The van der Waals surface area contributed by atoms with E-state index in [-0.39, 0.29) is 18.0 Å². The smallest absolute Gasteiger partial charge is 0.317 e. The summed E-state index contributed by atoms with van der Waals surface area (Å²) in [7, 11) is 0. The second kappa shape index (κ2) is 3.26. The third-order valence-corrected chi connectivity index (χ3v) is 3.38. The molecule has 1 aromatic rings. The largest absolute Gasteiger partial charge is 0.467 e. The van der Waals surface area contributed by atoms with Crippen molar-refractivity contribution in [3.63, 3.8) is 0 Å². The fraction of sp³-hybridized carbons (Fsp3) is 0.455. The Balaban J connectivity index is 2.02. The van der Waals surface area contributed by atoms with E-state index in [0.29, 0.717) is 0 Å². The monoisotopic (exact) mass is 234 g/mol. The number of hydrogen-bond acceptors (Lipinski definition) is 4. The number of nitrogens with zero attached hydrogens (tertiary/aromatic N) is 1. The molecule has 1 aromatic heterocycles. The highest BCUT2D eigenvalue weighted by Gasteiger charge is 2.51. The molecule has 3 heterocycles. The van der Waals surface area contributed by atoms with Gasteiger partial charge in [0.25, 0.3) is 0 Å². The van der Waals surface area contributed by atoms with Crippen LogP contribution in [0.5, 0.6) is 0 Å². The van der Waals surface area contributed by atoms with Crippen LogP contribution in [0.15, 0.2) is 27.9 Å². The fourth-order valence-electron chi connectivity index (χ4n) is 2.64. The molecule has 0 radical (unpaired) electrons. The molecule has 3 rings (SSSR count). The average molecular weight is 234 g/mol. The molecule has 2 aliphatic heterocycles. The van der Waals surface area contributed by atoms with Crippen LogP contribution in [0.2, 0.25) is 0 Å². The van der Waals surface area contributed by atoms with E-state index >= 15 is 0 Å². The van der Waals surface area contributed by atoms with Crippen LogP contribution in [0.1, 0.15) is 25.6 Å². The summed E-state index contributed by atoms with van der Waals surface area (Å²) in [5.74, 6) is 0.778. The molecule has 0 saturated carbocycles. The van der Waals surface area contributed by atoms with Gasteiger partial charge in [-0.05, 0) is 26.0 Å². The van der Waals surface area contributed by atoms with Crippen LogP contribution >= 0.6 is 0 Å². The minimum Gasteiger partial charge on any atom is -0.467 e. The Labute approximate surface area is 98.4 Å². The van der Waals surface area contributed by atoms with Gasteiger partial charge in [-0.3, -0.25) is 5.43 Å². The lowest BCUT2D eigenvalue weighted by molar-refractivity contribution is 0.154. The average Bonchev–Trinajstić information content (AvgIpc) is 2.86. The second-order valence-electron chi connectivity index (χ2n) is 4.64. The number of nitrogens with one attached hydrogen (secondary N) is 3. The van der Waals surface area contributed by atoms with Crippen molar-refractivity contribution in [2.24, 2.45) is 11.0 Å². The van der Waals surface area contributed by atoms with E-state index in [9.17, 15) is 4.79 Å². The first kappa shape index (κ1) is 10.2. The van der Waals surface area contributed by atoms with Gasteiger partial charge in [-0.2, -0.15) is 5.10 Å². The first-order valence-corrected chi connectivity index (χ1v) is 5.53. The molecule has 3 N–H and O–H groups in total. The predicted molar refractivity (Wildman–Crippen MR) is 61.3 cm³/mol. The van der Waals surface area contributed by atoms with E-state index in [1.807, 2.05) is 26.0 Å². The van der Waals surface area contributed by atoms with E-state index in [2.05, 4.69) is 21.2 Å². The molecule has 0 bridgehead atoms. The number of amides is 2. The van der Waals surface area contributed by atoms with Gasteiger partial charge in [0.1, 0.15) is 17.5 Å². The zero-order valence-corrected chi connectivity index (χ0v) is 9.65. The number of rotatable bonds is 1. The third-order valence-electron chi connectivity index (χ3n) is 3.38. The Morgan fingerprint density at radius 1 is 1.53 bits per heavy atom. The van der Waals surface area contributed by atoms with Crippen LogP contribution in [0, 0.1) is 5.92 Å². The molecule has 90 valence electrons. The van der Waals surface area contributed by atoms with Crippen molar-refractivity contribution in [3.8, 4) is 0 Å². The Morgan fingerprint density at radius 3 is 3.06 bits per heavy atom. The maximum Gasteiger partial charge on any atom is 0.317 e. The lowest BCUT2D eigenvalue weighted by atomic mass is 9.82. The standard InChI is InChI=1S/C11H14N4O2/c1-6-8-9(7-4-3-5-17-7)12-10(16)13-11(8,2)15-14-6/h3-5,8-9,15H,1-2H3,(H2,12,13,16). The maximum atomic E-state index is 11.7. The summed E-state index contributed by atoms with van der Waals surface area (Å²) in [6, 6.07) is 3.27. The van der Waals surface area contributed by atoms with E-state index in [0.717, 1.165) is 11.5 Å². The second-order valence-corrected chi connectivity index (χ2v) is 4.64. The number of hydrazone groups is 1. The summed E-state index contributed by atoms with van der Waals surface area (Å²) >= 11 is 0. The SMILES string of the molecule is CC1=NNC2(C)NC(=O)NC(c3ccco3)C12. The number of urea groups is 1. The molecular weight excluding hydrogens is 220 g/mol. The van der Waals surface area contributed by atoms with E-state index in [1.165, 1.54) is 0 Å². The normalized spacial score (nSPS) is 35.4. The Bertz CT molecular complexity index is 482. The van der Waals surface area contributed by atoms with Crippen LogP contribution in [0.3, 0.4) is 0 Å². The molecule has 6 nitrogen and oxygen atoms in total. The van der Waals surface area contributed by atoms with Gasteiger partial charge in [-0.1, -0.05) is 0 Å². The predicted octanol–water partition coefficient (Wildman–Crippen LogP) is 0.945. The van der Waals surface area contributed by atoms with Gasteiger partial charge in [-0.25, -0.2) is 4.79 Å². The first-order chi connectivity index (χ1) is 8.10. The Kier molecular flexibility index (Phi) is 1.95. The van der Waals surface area contributed by atoms with Gasteiger partial charge in [0, 0.05) is 5.71 Å². The van der Waals surface area contributed by atoms with Gasteiger partial charge in [0.2, 0.25) is 0 Å². The highest BCUT2D eigenvalue weighted by molar-refractivity contribution is 5.91. The molecular formula is C11H14N4O2. The summed E-state index contributed by atoms with van der Waals surface area (Å²) < 4.78 is 5.40. The van der Waals surface area contributed by atoms with Crippen molar-refractivity contribution in [3.05, 3.63) is 24.2 Å². The summed E-state index contributed by atoms with van der Waals surface area (Å²) in [4.78, 5) is 11.7. The molecule has 3 atom stereocenters. The third kappa shape index (κ3) is 1.40. The van der Waals surface area contributed by atoms with Crippen molar-refractivity contribution in [1.29, 1.82) is 0 Å². The van der Waals surface area contributed by atoms with Gasteiger partial charge >= 0.3 is 6.03 Å². The molecule has 0 aromatic carbocycles. The van der Waals surface area contributed by atoms with Gasteiger partial charge < -0.3 is 15.1 Å². The molecule has 2 amide bonds. The zero-order chi connectivity index (χ0) is 12.0. The van der Waals surface area contributed by atoms with Crippen molar-refractivity contribution in [2.75, 3.05) is 0 Å². The number of hydrogen-bond donors (Lipinski definition) is 3. The van der Waals surface area contributed by atoms with Crippen LogP contribution < -0.4 is 16.1 Å². The van der Waals surface area contributed by atoms with Crippen LogP contribution in [-0.2, 0) is 0 Å². The summed E-state index contributed by atoms with van der Waals surface area (Å²) in [5.41, 5.74) is 3.38. The maximum absolute atomic E-state index is 11.7. The molecule has 17 heavy (non-hydrogen) atoms. The Hall–Kier alpha value is -1.98. The molecule has 1 fully saturated rings. The molecule has 0 spiro atoms. The highest BCUT2D eigenvalue weighted by atomic mass is 16.3. The summed E-state index contributed by atoms with van der Waals surface area (Å²) in [6.07, 6.45) is 1.61. The molecule has 2 aliphatic rings. The van der Waals surface area contributed by atoms with Crippen molar-refractivity contribution in [2.45, 2.75) is 25.6 Å². The first-order valence-electron chi connectivity index (χ1n) is 5.53. The minimum atomic E-state index is -0.552. The lowest BCUT2D eigenvalue weighted by Crippen LogP contribution is -2.67. The van der Waals surface area contributed by atoms with Gasteiger partial charge in [0.05, 0.1) is 12.2 Å². The van der Waals surface area contributed by atoms with E-state index < -0.39 is 5.66 Å². The summed E-state index contributed by atoms with van der Waals surface area (Å²) in [6.45, 7) is 3.87. The lowest BCUT2D eigenvalue weighted by Gasteiger charge is -2.41. The molecule has 6 heteroatoms. The van der Waals surface area contributed by atoms with Crippen LogP contribution in [0.25, 0.3) is 0 Å². The van der Waals surface area contributed by atoms with Gasteiger partial charge in [0.15, 0.2) is 0 Å².